The monoisotopic (exact) mass is 188 g/mol. The van der Waals surface area contributed by atoms with Crippen LogP contribution in [0.4, 0.5) is 5.69 Å². The van der Waals surface area contributed by atoms with Crippen LogP contribution in [0.2, 0.25) is 0 Å². The number of carbonyl (C=O) groups is 1. The van der Waals surface area contributed by atoms with Crippen molar-refractivity contribution in [2.45, 2.75) is 20.3 Å². The minimum Gasteiger partial charge on any atom is -0.396 e. The highest BCUT2D eigenvalue weighted by Gasteiger charge is 1.96. The fraction of sp³-hybridized carbons (Fsp3) is 0.273. The molecule has 1 heterocycles. The Bertz CT molecular complexity index is 413. The molecule has 0 aromatic carbocycles. The van der Waals surface area contributed by atoms with Crippen LogP contribution < -0.4 is 5.73 Å². The maximum Gasteiger partial charge on any atom is 0.141 e. The molecule has 2 N–H and O–H groups in total. The Balaban J connectivity index is 2.88. The number of hydrogen-bond acceptors (Lipinski definition) is 3. The lowest BCUT2D eigenvalue weighted by Crippen LogP contribution is -1.95. The van der Waals surface area contributed by atoms with E-state index in [4.69, 9.17) is 5.73 Å². The topological polar surface area (TPSA) is 56.0 Å². The van der Waals surface area contributed by atoms with Crippen LogP contribution in [-0.2, 0) is 4.79 Å². The second-order valence-corrected chi connectivity index (χ2v) is 3.07. The molecule has 0 fully saturated rings. The molecule has 0 aliphatic rings. The van der Waals surface area contributed by atoms with E-state index in [2.05, 4.69) is 16.8 Å². The lowest BCUT2D eigenvalue weighted by Gasteiger charge is -1.97. The minimum atomic E-state index is 0.0451. The van der Waals surface area contributed by atoms with Gasteiger partial charge in [0.15, 0.2) is 0 Å². The Morgan fingerprint density at radius 2 is 2.29 bits per heavy atom. The quantitative estimate of drug-likeness (QED) is 0.676. The Morgan fingerprint density at radius 1 is 1.57 bits per heavy atom. The number of aryl methyl sites for hydroxylation is 1. The Hall–Kier alpha value is -1.82. The maximum atomic E-state index is 10.6. The third-order valence-corrected chi connectivity index (χ3v) is 1.61. The molecular weight excluding hydrogens is 176 g/mol. The summed E-state index contributed by atoms with van der Waals surface area (Å²) in [5.41, 5.74) is 7.62. The van der Waals surface area contributed by atoms with Crippen LogP contribution in [-0.4, -0.2) is 10.8 Å². The zero-order valence-electron chi connectivity index (χ0n) is 8.29. The number of Topliss-reactive ketones (excluding diaryl/α,β-unsaturated/α-hetero) is 1. The molecule has 0 bridgehead atoms. The van der Waals surface area contributed by atoms with Crippen molar-refractivity contribution in [2.75, 3.05) is 5.73 Å². The lowest BCUT2D eigenvalue weighted by molar-refractivity contribution is -0.116. The fourth-order valence-corrected chi connectivity index (χ4v) is 0.920. The van der Waals surface area contributed by atoms with Crippen molar-refractivity contribution in [1.29, 1.82) is 0 Å². The second kappa shape index (κ2) is 4.43. The van der Waals surface area contributed by atoms with Gasteiger partial charge < -0.3 is 5.73 Å². The summed E-state index contributed by atoms with van der Waals surface area (Å²) in [6.45, 7) is 3.37. The summed E-state index contributed by atoms with van der Waals surface area (Å²) in [6.07, 6.45) is 0.245. The smallest absolute Gasteiger partial charge is 0.141 e. The first-order valence-electron chi connectivity index (χ1n) is 4.31. The summed E-state index contributed by atoms with van der Waals surface area (Å²) in [6, 6.07) is 3.59. The zero-order chi connectivity index (χ0) is 10.6. The van der Waals surface area contributed by atoms with E-state index < -0.39 is 0 Å². The highest BCUT2D eigenvalue weighted by atomic mass is 16.1. The average Bonchev–Trinajstić information content (AvgIpc) is 2.10. The van der Waals surface area contributed by atoms with Crippen molar-refractivity contribution in [3.05, 3.63) is 23.5 Å². The predicted molar refractivity (Wildman–Crippen MR) is 55.6 cm³/mol. The van der Waals surface area contributed by atoms with E-state index in [1.807, 2.05) is 13.0 Å². The molecule has 0 saturated heterocycles. The summed E-state index contributed by atoms with van der Waals surface area (Å²) in [4.78, 5) is 14.8. The van der Waals surface area contributed by atoms with Gasteiger partial charge in [-0.1, -0.05) is 5.92 Å². The van der Waals surface area contributed by atoms with Gasteiger partial charge in [0, 0.05) is 5.69 Å². The van der Waals surface area contributed by atoms with Crippen LogP contribution in [0.15, 0.2) is 12.1 Å². The number of rotatable bonds is 1. The molecule has 0 aliphatic heterocycles. The first-order chi connectivity index (χ1) is 6.59. The highest BCUT2D eigenvalue weighted by molar-refractivity contribution is 5.78. The van der Waals surface area contributed by atoms with Crippen LogP contribution in [0.5, 0.6) is 0 Å². The van der Waals surface area contributed by atoms with Gasteiger partial charge in [-0.2, -0.15) is 0 Å². The molecule has 0 radical (unpaired) electrons. The summed E-state index contributed by atoms with van der Waals surface area (Å²) < 4.78 is 0. The minimum absolute atomic E-state index is 0.0451. The number of nitrogens with zero attached hydrogens (tertiary/aromatic N) is 1. The highest BCUT2D eigenvalue weighted by Crippen LogP contribution is 2.07. The molecule has 14 heavy (non-hydrogen) atoms. The summed E-state index contributed by atoms with van der Waals surface area (Å²) in [5, 5.41) is 0. The fourth-order valence-electron chi connectivity index (χ4n) is 0.920. The van der Waals surface area contributed by atoms with Gasteiger partial charge in [-0.25, -0.2) is 4.98 Å². The average molecular weight is 188 g/mol. The molecule has 72 valence electrons. The van der Waals surface area contributed by atoms with E-state index >= 15 is 0 Å². The van der Waals surface area contributed by atoms with E-state index in [-0.39, 0.29) is 12.2 Å². The van der Waals surface area contributed by atoms with Gasteiger partial charge in [-0.05, 0) is 31.9 Å². The van der Waals surface area contributed by atoms with E-state index in [1.165, 1.54) is 6.92 Å². The van der Waals surface area contributed by atoms with Crippen molar-refractivity contribution >= 4 is 11.5 Å². The molecule has 3 nitrogen and oxygen atoms in total. The summed E-state index contributed by atoms with van der Waals surface area (Å²) >= 11 is 0. The predicted octanol–water partition coefficient (Wildman–Crippen LogP) is 1.30. The summed E-state index contributed by atoms with van der Waals surface area (Å²) in [7, 11) is 0. The normalized spacial score (nSPS) is 9.00. The number of pyridine rings is 1. The molecule has 1 aromatic rings. The van der Waals surface area contributed by atoms with Crippen LogP contribution in [0.1, 0.15) is 24.7 Å². The number of hydrogen-bond donors (Lipinski definition) is 1. The maximum absolute atomic E-state index is 10.6. The Labute approximate surface area is 83.3 Å². The number of carbonyl (C=O) groups excluding carboxylic acids is 1. The van der Waals surface area contributed by atoms with E-state index in [9.17, 15) is 4.79 Å². The largest absolute Gasteiger partial charge is 0.396 e. The van der Waals surface area contributed by atoms with Gasteiger partial charge in [-0.3, -0.25) is 4.79 Å². The van der Waals surface area contributed by atoms with Crippen molar-refractivity contribution in [2.24, 2.45) is 0 Å². The van der Waals surface area contributed by atoms with Gasteiger partial charge in [-0.15, -0.1) is 0 Å². The first kappa shape index (κ1) is 10.3. The molecule has 1 rings (SSSR count). The van der Waals surface area contributed by atoms with Gasteiger partial charge in [0.05, 0.1) is 12.1 Å². The van der Waals surface area contributed by atoms with Gasteiger partial charge in [0.25, 0.3) is 0 Å². The molecular formula is C11H12N2O. The third kappa shape index (κ3) is 2.91. The van der Waals surface area contributed by atoms with Crippen molar-refractivity contribution in [1.82, 2.24) is 4.98 Å². The van der Waals surface area contributed by atoms with Crippen LogP contribution >= 0.6 is 0 Å². The van der Waals surface area contributed by atoms with E-state index in [0.29, 0.717) is 11.4 Å². The molecule has 0 aliphatic carbocycles. The van der Waals surface area contributed by atoms with Crippen LogP contribution in [0.25, 0.3) is 0 Å². The third-order valence-electron chi connectivity index (χ3n) is 1.61. The lowest BCUT2D eigenvalue weighted by atomic mass is 10.2. The number of nitrogen functional groups attached to an aromatic ring is 1. The van der Waals surface area contributed by atoms with E-state index in [1.54, 1.807) is 6.07 Å². The molecule has 0 unspecified atom stereocenters. The molecule has 3 heteroatoms. The Morgan fingerprint density at radius 3 is 2.93 bits per heavy atom. The molecule has 0 saturated carbocycles. The molecule has 0 spiro atoms. The zero-order valence-corrected chi connectivity index (χ0v) is 8.29. The standard InChI is InChI=1S/C11H12N2O/c1-8-6-7-10(12)11(13-8)5-3-4-9(2)14/h6-7H,4,12H2,1-2H3. The molecule has 0 atom stereocenters. The van der Waals surface area contributed by atoms with Crippen LogP contribution in [0.3, 0.4) is 0 Å². The van der Waals surface area contributed by atoms with Crippen molar-refractivity contribution in [3.63, 3.8) is 0 Å². The SMILES string of the molecule is CC(=O)CC#Cc1nc(C)ccc1N. The number of anilines is 1. The summed E-state index contributed by atoms with van der Waals surface area (Å²) in [5.74, 6) is 5.55. The van der Waals surface area contributed by atoms with Crippen molar-refractivity contribution < 1.29 is 4.79 Å². The second-order valence-electron chi connectivity index (χ2n) is 3.07. The van der Waals surface area contributed by atoms with Gasteiger partial charge in [0.1, 0.15) is 11.5 Å². The van der Waals surface area contributed by atoms with Gasteiger partial charge in [0.2, 0.25) is 0 Å². The molecule has 1 aromatic heterocycles. The molecule has 0 amide bonds. The Kier molecular flexibility index (Phi) is 3.24. The number of nitrogens with two attached hydrogens (primary N) is 1. The van der Waals surface area contributed by atoms with Crippen molar-refractivity contribution in [3.8, 4) is 11.8 Å². The number of ketones is 1. The van der Waals surface area contributed by atoms with Gasteiger partial charge >= 0.3 is 0 Å². The van der Waals surface area contributed by atoms with Crippen LogP contribution in [0, 0.1) is 18.8 Å². The first-order valence-corrected chi connectivity index (χ1v) is 4.31. The van der Waals surface area contributed by atoms with E-state index in [0.717, 1.165) is 5.69 Å². The number of aromatic nitrogens is 1.